The highest BCUT2D eigenvalue weighted by atomic mass is 127. The molecule has 1 N–H and O–H groups in total. The number of aryl methyl sites for hydroxylation is 2. The van der Waals surface area contributed by atoms with E-state index in [4.69, 9.17) is 9.98 Å². The van der Waals surface area contributed by atoms with Gasteiger partial charge in [0.2, 0.25) is 5.91 Å². The van der Waals surface area contributed by atoms with Crippen molar-refractivity contribution in [2.45, 2.75) is 59.4 Å². The fraction of sp³-hybridized carbons (Fsp3) is 0.773. The van der Waals surface area contributed by atoms with Crippen LogP contribution in [-0.4, -0.2) is 90.0 Å². The number of guanidine groups is 1. The summed E-state index contributed by atoms with van der Waals surface area (Å²) in [6.45, 7) is 15.6. The largest absolute Gasteiger partial charge is 0.357 e. The molecule has 1 aromatic rings. The van der Waals surface area contributed by atoms with Crippen LogP contribution in [0.2, 0.25) is 0 Å². The van der Waals surface area contributed by atoms with Gasteiger partial charge >= 0.3 is 0 Å². The summed E-state index contributed by atoms with van der Waals surface area (Å²) >= 11 is 1.80. The van der Waals surface area contributed by atoms with Gasteiger partial charge in [0.05, 0.1) is 16.7 Å². The Balaban J connectivity index is 0.00000341. The highest BCUT2D eigenvalue weighted by Crippen LogP contribution is 2.18. The zero-order valence-corrected chi connectivity index (χ0v) is 22.7. The van der Waals surface area contributed by atoms with E-state index in [0.717, 1.165) is 84.0 Å². The lowest BCUT2D eigenvalue weighted by Gasteiger charge is -2.39. The van der Waals surface area contributed by atoms with Gasteiger partial charge in [0.25, 0.3) is 0 Å². The number of hydrogen-bond acceptors (Lipinski definition) is 5. The summed E-state index contributed by atoms with van der Waals surface area (Å²) in [6.07, 6.45) is 4.18. The van der Waals surface area contributed by atoms with E-state index in [2.05, 4.69) is 42.8 Å². The molecule has 0 aromatic carbocycles. The van der Waals surface area contributed by atoms with Crippen LogP contribution in [0.25, 0.3) is 0 Å². The number of carbonyl (C=O) groups is 1. The van der Waals surface area contributed by atoms with Gasteiger partial charge < -0.3 is 15.1 Å². The molecule has 176 valence electrons. The molecule has 2 aliphatic rings. The van der Waals surface area contributed by atoms with Gasteiger partial charge in [-0.2, -0.15) is 0 Å². The van der Waals surface area contributed by atoms with E-state index in [1.807, 2.05) is 4.90 Å². The summed E-state index contributed by atoms with van der Waals surface area (Å²) in [5.74, 6) is 1.28. The molecule has 0 aliphatic carbocycles. The molecule has 0 radical (unpaired) electrons. The fourth-order valence-corrected chi connectivity index (χ4v) is 5.30. The number of likely N-dealkylation sites (tertiary alicyclic amines) is 1. The van der Waals surface area contributed by atoms with Crippen LogP contribution in [0.1, 0.15) is 49.2 Å². The van der Waals surface area contributed by atoms with Gasteiger partial charge in [0.15, 0.2) is 5.96 Å². The second-order valence-electron chi connectivity index (χ2n) is 8.18. The second kappa shape index (κ2) is 12.9. The van der Waals surface area contributed by atoms with Crippen molar-refractivity contribution in [3.05, 3.63) is 15.6 Å². The van der Waals surface area contributed by atoms with Crippen molar-refractivity contribution in [2.24, 2.45) is 4.99 Å². The minimum absolute atomic E-state index is 0. The van der Waals surface area contributed by atoms with Gasteiger partial charge in [0, 0.05) is 63.7 Å². The molecular weight excluding hydrogens is 523 g/mol. The maximum absolute atomic E-state index is 12.7. The maximum Gasteiger partial charge on any atom is 0.239 e. The summed E-state index contributed by atoms with van der Waals surface area (Å²) in [5, 5.41) is 4.63. The van der Waals surface area contributed by atoms with Crippen molar-refractivity contribution in [3.63, 3.8) is 0 Å². The minimum Gasteiger partial charge on any atom is -0.357 e. The monoisotopic (exact) mass is 562 g/mol. The van der Waals surface area contributed by atoms with Gasteiger partial charge in [-0.1, -0.05) is 6.92 Å². The molecule has 1 unspecified atom stereocenters. The van der Waals surface area contributed by atoms with E-state index in [9.17, 15) is 4.79 Å². The molecule has 1 amide bonds. The number of halogens is 1. The number of carbonyl (C=O) groups excluding carboxylic acids is 1. The molecule has 2 saturated heterocycles. The number of rotatable bonds is 7. The first-order valence-electron chi connectivity index (χ1n) is 11.5. The third-order valence-electron chi connectivity index (χ3n) is 6.13. The lowest BCUT2D eigenvalue weighted by atomic mass is 10.2. The third kappa shape index (κ3) is 7.02. The summed E-state index contributed by atoms with van der Waals surface area (Å²) in [4.78, 5) is 30.3. The van der Waals surface area contributed by atoms with Crippen LogP contribution in [0, 0.1) is 6.92 Å². The number of amides is 1. The standard InChI is InChI=1S/C22H38N6OS.HI/c1-5-19-18(4)30-20(25-19)9-10-24-22(23-6-2)28-15-13-26(14-16-28)17(3)21(29)27-11-7-8-12-27;/h17H,5-16H2,1-4H3,(H,23,24);1H. The average Bonchev–Trinajstić information content (AvgIpc) is 3.42. The number of aliphatic imine (C=N–C) groups is 1. The molecule has 2 fully saturated rings. The van der Waals surface area contributed by atoms with Crippen LogP contribution in [0.3, 0.4) is 0 Å². The van der Waals surface area contributed by atoms with Gasteiger partial charge in [-0.25, -0.2) is 4.98 Å². The average molecular weight is 563 g/mol. The van der Waals surface area contributed by atoms with Gasteiger partial charge in [-0.05, 0) is 40.0 Å². The Bertz CT molecular complexity index is 726. The number of aromatic nitrogens is 1. The van der Waals surface area contributed by atoms with Crippen LogP contribution in [0.15, 0.2) is 4.99 Å². The van der Waals surface area contributed by atoms with Gasteiger partial charge in [0.1, 0.15) is 0 Å². The molecule has 0 bridgehead atoms. The van der Waals surface area contributed by atoms with Crippen LogP contribution >= 0.6 is 35.3 Å². The predicted octanol–water partition coefficient (Wildman–Crippen LogP) is 2.77. The third-order valence-corrected chi connectivity index (χ3v) is 7.20. The molecule has 0 spiro atoms. The van der Waals surface area contributed by atoms with Crippen molar-refractivity contribution in [2.75, 3.05) is 52.4 Å². The van der Waals surface area contributed by atoms with E-state index in [1.54, 1.807) is 11.3 Å². The zero-order valence-electron chi connectivity index (χ0n) is 19.5. The molecule has 9 heteroatoms. The molecule has 3 heterocycles. The molecule has 31 heavy (non-hydrogen) atoms. The number of piperazine rings is 1. The van der Waals surface area contributed by atoms with Crippen molar-refractivity contribution in [1.82, 2.24) is 25.0 Å². The molecular formula is C22H39IN6OS. The van der Waals surface area contributed by atoms with E-state index in [1.165, 1.54) is 15.6 Å². The topological polar surface area (TPSA) is 64.1 Å². The van der Waals surface area contributed by atoms with Crippen molar-refractivity contribution in [3.8, 4) is 0 Å². The summed E-state index contributed by atoms with van der Waals surface area (Å²) in [6, 6.07) is -0.0225. The Hall–Kier alpha value is -0.940. The first-order valence-corrected chi connectivity index (χ1v) is 12.4. The first-order chi connectivity index (χ1) is 14.5. The van der Waals surface area contributed by atoms with Crippen molar-refractivity contribution >= 4 is 47.2 Å². The normalized spacial score (nSPS) is 18.8. The Morgan fingerprint density at radius 2 is 1.81 bits per heavy atom. The summed E-state index contributed by atoms with van der Waals surface area (Å²) in [7, 11) is 0. The van der Waals surface area contributed by atoms with Crippen molar-refractivity contribution in [1.29, 1.82) is 0 Å². The lowest BCUT2D eigenvalue weighted by molar-refractivity contribution is -0.135. The Morgan fingerprint density at radius 1 is 1.13 bits per heavy atom. The number of nitrogens with zero attached hydrogens (tertiary/aromatic N) is 5. The number of hydrogen-bond donors (Lipinski definition) is 1. The Kier molecular flexibility index (Phi) is 11.0. The second-order valence-corrected chi connectivity index (χ2v) is 9.47. The fourth-order valence-electron chi connectivity index (χ4n) is 4.28. The lowest BCUT2D eigenvalue weighted by Crippen LogP contribution is -2.57. The summed E-state index contributed by atoms with van der Waals surface area (Å²) in [5.41, 5.74) is 1.22. The highest BCUT2D eigenvalue weighted by Gasteiger charge is 2.30. The first kappa shape index (κ1) is 26.3. The van der Waals surface area contributed by atoms with E-state index >= 15 is 0 Å². The number of nitrogens with one attached hydrogen (secondary N) is 1. The SMILES string of the molecule is CCNC(=NCCc1nc(CC)c(C)s1)N1CCN(C(C)C(=O)N2CCCC2)CC1.I. The Labute approximate surface area is 208 Å². The predicted molar refractivity (Wildman–Crippen MR) is 140 cm³/mol. The summed E-state index contributed by atoms with van der Waals surface area (Å²) < 4.78 is 0. The molecule has 1 aromatic heterocycles. The van der Waals surface area contributed by atoms with E-state index < -0.39 is 0 Å². The van der Waals surface area contributed by atoms with Crippen molar-refractivity contribution < 1.29 is 4.79 Å². The van der Waals surface area contributed by atoms with Crippen LogP contribution in [0.4, 0.5) is 0 Å². The van der Waals surface area contributed by atoms with Crippen LogP contribution in [-0.2, 0) is 17.6 Å². The van der Waals surface area contributed by atoms with Crippen LogP contribution in [0.5, 0.6) is 0 Å². The molecule has 3 rings (SSSR count). The van der Waals surface area contributed by atoms with Crippen LogP contribution < -0.4 is 5.32 Å². The minimum atomic E-state index is -0.0225. The van der Waals surface area contributed by atoms with Gasteiger partial charge in [-0.3, -0.25) is 14.7 Å². The smallest absolute Gasteiger partial charge is 0.239 e. The molecule has 1 atom stereocenters. The highest BCUT2D eigenvalue weighted by molar-refractivity contribution is 14.0. The molecule has 2 aliphatic heterocycles. The zero-order chi connectivity index (χ0) is 21.5. The van der Waals surface area contributed by atoms with E-state index in [-0.39, 0.29) is 30.0 Å². The Morgan fingerprint density at radius 3 is 2.39 bits per heavy atom. The number of thiazole rings is 1. The maximum atomic E-state index is 12.7. The van der Waals surface area contributed by atoms with E-state index in [0.29, 0.717) is 5.91 Å². The van der Waals surface area contributed by atoms with Gasteiger partial charge in [-0.15, -0.1) is 35.3 Å². The molecule has 0 saturated carbocycles. The quantitative estimate of drug-likeness (QED) is 0.315. The molecule has 7 nitrogen and oxygen atoms in total.